The molecule has 0 unspecified atom stereocenters. The summed E-state index contributed by atoms with van der Waals surface area (Å²) in [4.78, 5) is 30.0. The fourth-order valence-corrected chi connectivity index (χ4v) is 2.98. The lowest BCUT2D eigenvalue weighted by molar-refractivity contribution is 0.102. The van der Waals surface area contributed by atoms with E-state index < -0.39 is 28.6 Å². The smallest absolute Gasteiger partial charge is 0.273 e. The third-order valence-corrected chi connectivity index (χ3v) is 4.23. The van der Waals surface area contributed by atoms with Crippen molar-refractivity contribution < 1.29 is 14.3 Å². The number of nitrogens with zero attached hydrogens (tertiary/aromatic N) is 2. The number of aromatic nitrogens is 2. The molecule has 0 bridgehead atoms. The second-order valence-electron chi connectivity index (χ2n) is 6.04. The summed E-state index contributed by atoms with van der Waals surface area (Å²) in [7, 11) is 0. The molecule has 0 fully saturated rings. The Hall–Kier alpha value is -4.00. The van der Waals surface area contributed by atoms with Crippen molar-refractivity contribution in [3.05, 3.63) is 94.7 Å². The van der Waals surface area contributed by atoms with E-state index in [2.05, 4.69) is 10.3 Å². The summed E-state index contributed by atoms with van der Waals surface area (Å²) in [6.07, 6.45) is 1.45. The number of carbonyl (C=O) groups excluding carboxylic acids is 1. The first-order chi connectivity index (χ1) is 13.6. The molecule has 1 amide bonds. The van der Waals surface area contributed by atoms with Crippen molar-refractivity contribution in [2.75, 3.05) is 5.32 Å². The average molecular weight is 375 g/mol. The molecule has 2 heterocycles. The number of nitrogens with one attached hydrogen (secondary N) is 1. The molecule has 4 aromatic rings. The topological polar surface area (TPSA) is 84.2 Å². The van der Waals surface area contributed by atoms with E-state index in [-0.39, 0.29) is 16.7 Å². The second-order valence-corrected chi connectivity index (χ2v) is 6.04. The van der Waals surface area contributed by atoms with Crippen LogP contribution < -0.4 is 10.9 Å². The minimum absolute atomic E-state index is 0.117. The summed E-state index contributed by atoms with van der Waals surface area (Å²) in [5.74, 6) is -1.80. The predicted molar refractivity (Wildman–Crippen MR) is 103 cm³/mol. The third-order valence-electron chi connectivity index (χ3n) is 4.23. The monoisotopic (exact) mass is 375 g/mol. The molecular weight excluding hydrogens is 361 g/mol. The molecule has 0 aliphatic carbocycles. The lowest BCUT2D eigenvalue weighted by Gasteiger charge is -2.14. The number of amides is 1. The van der Waals surface area contributed by atoms with Crippen molar-refractivity contribution in [3.63, 3.8) is 0 Å². The molecule has 0 atom stereocenters. The number of pyridine rings is 2. The van der Waals surface area contributed by atoms with E-state index in [1.807, 2.05) is 0 Å². The van der Waals surface area contributed by atoms with Crippen molar-refractivity contribution in [3.8, 4) is 11.4 Å². The molecule has 7 heteroatoms. The maximum atomic E-state index is 13.7. The van der Waals surface area contributed by atoms with Gasteiger partial charge in [0.2, 0.25) is 0 Å². The van der Waals surface area contributed by atoms with Crippen molar-refractivity contribution >= 4 is 22.6 Å². The Kier molecular flexibility index (Phi) is 4.33. The van der Waals surface area contributed by atoms with Gasteiger partial charge >= 0.3 is 0 Å². The minimum Gasteiger partial charge on any atom is -0.506 e. The summed E-state index contributed by atoms with van der Waals surface area (Å²) in [6.45, 7) is 0. The van der Waals surface area contributed by atoms with Crippen LogP contribution in [0.25, 0.3) is 16.7 Å². The summed E-state index contributed by atoms with van der Waals surface area (Å²) >= 11 is 0. The summed E-state index contributed by atoms with van der Waals surface area (Å²) in [5.41, 5.74) is -0.472. The minimum atomic E-state index is -0.803. The van der Waals surface area contributed by atoms with Crippen LogP contribution in [0.15, 0.2) is 77.7 Å². The second kappa shape index (κ2) is 6.96. The first-order valence-electron chi connectivity index (χ1n) is 8.41. The molecule has 2 N–H and O–H groups in total. The zero-order valence-corrected chi connectivity index (χ0v) is 14.5. The third kappa shape index (κ3) is 2.99. The van der Waals surface area contributed by atoms with E-state index in [0.717, 1.165) is 10.6 Å². The van der Waals surface area contributed by atoms with Gasteiger partial charge in [0.05, 0.1) is 11.1 Å². The van der Waals surface area contributed by atoms with E-state index in [0.29, 0.717) is 5.69 Å². The van der Waals surface area contributed by atoms with Crippen LogP contribution in [0.2, 0.25) is 0 Å². The van der Waals surface area contributed by atoms with Crippen LogP contribution in [0.1, 0.15) is 10.4 Å². The molecule has 0 aliphatic heterocycles. The van der Waals surface area contributed by atoms with Gasteiger partial charge < -0.3 is 10.4 Å². The standard InChI is InChI=1S/C21H14FN3O3/c22-13-6-4-9-15(12-13)25-19-16(10-5-11-23-19)18(26)17(21(25)28)20(27)24-14-7-2-1-3-8-14/h1-12,26H,(H,24,27). The van der Waals surface area contributed by atoms with Crippen LogP contribution in [0.5, 0.6) is 5.75 Å². The highest BCUT2D eigenvalue weighted by atomic mass is 19.1. The van der Waals surface area contributed by atoms with E-state index >= 15 is 0 Å². The van der Waals surface area contributed by atoms with Gasteiger partial charge in [0.25, 0.3) is 11.5 Å². The Morgan fingerprint density at radius 1 is 1.04 bits per heavy atom. The molecule has 2 aromatic heterocycles. The molecule has 6 nitrogen and oxygen atoms in total. The van der Waals surface area contributed by atoms with Gasteiger partial charge in [0, 0.05) is 11.9 Å². The highest BCUT2D eigenvalue weighted by Gasteiger charge is 2.23. The Balaban J connectivity index is 1.97. The summed E-state index contributed by atoms with van der Waals surface area (Å²) < 4.78 is 14.9. The Labute approximate surface area is 158 Å². The van der Waals surface area contributed by atoms with Crippen molar-refractivity contribution in [2.24, 2.45) is 0 Å². The highest BCUT2D eigenvalue weighted by Crippen LogP contribution is 2.27. The molecule has 0 saturated carbocycles. The number of anilines is 1. The van der Waals surface area contributed by atoms with Gasteiger partial charge in [-0.2, -0.15) is 0 Å². The number of aromatic hydroxyl groups is 1. The molecule has 0 radical (unpaired) electrons. The summed E-state index contributed by atoms with van der Waals surface area (Å²) in [6, 6.07) is 17.0. The molecule has 2 aromatic carbocycles. The van der Waals surface area contributed by atoms with E-state index in [1.165, 1.54) is 30.5 Å². The fourth-order valence-electron chi connectivity index (χ4n) is 2.98. The number of para-hydroxylation sites is 1. The maximum Gasteiger partial charge on any atom is 0.273 e. The van der Waals surface area contributed by atoms with Crippen LogP contribution in [0.3, 0.4) is 0 Å². The lowest BCUT2D eigenvalue weighted by atomic mass is 10.1. The van der Waals surface area contributed by atoms with Gasteiger partial charge in [0.1, 0.15) is 17.1 Å². The number of hydrogen-bond acceptors (Lipinski definition) is 4. The first-order valence-corrected chi connectivity index (χ1v) is 8.41. The number of hydrogen-bond donors (Lipinski definition) is 2. The van der Waals surface area contributed by atoms with Gasteiger partial charge in [0.15, 0.2) is 5.65 Å². The van der Waals surface area contributed by atoms with E-state index in [1.54, 1.807) is 36.4 Å². The highest BCUT2D eigenvalue weighted by molar-refractivity contribution is 6.08. The normalized spacial score (nSPS) is 10.8. The van der Waals surface area contributed by atoms with E-state index in [4.69, 9.17) is 0 Å². The first kappa shape index (κ1) is 17.4. The largest absolute Gasteiger partial charge is 0.506 e. The molecule has 28 heavy (non-hydrogen) atoms. The van der Waals surface area contributed by atoms with Crippen LogP contribution in [-0.4, -0.2) is 20.6 Å². The average Bonchev–Trinajstić information content (AvgIpc) is 2.69. The number of carbonyl (C=O) groups is 1. The Bertz CT molecular complexity index is 1250. The number of halogens is 1. The van der Waals surface area contributed by atoms with Crippen molar-refractivity contribution in [1.29, 1.82) is 0 Å². The molecule has 0 aliphatic rings. The SMILES string of the molecule is O=C(Nc1ccccc1)c1c(O)c2cccnc2n(-c2cccc(F)c2)c1=O. The quantitative estimate of drug-likeness (QED) is 0.574. The Morgan fingerprint density at radius 2 is 1.82 bits per heavy atom. The fraction of sp³-hybridized carbons (Fsp3) is 0. The molecule has 0 saturated heterocycles. The van der Waals surface area contributed by atoms with E-state index in [9.17, 15) is 19.1 Å². The van der Waals surface area contributed by atoms with Crippen LogP contribution in [-0.2, 0) is 0 Å². The lowest BCUT2D eigenvalue weighted by Crippen LogP contribution is -2.29. The van der Waals surface area contributed by atoms with Gasteiger partial charge in [-0.05, 0) is 42.5 Å². The Morgan fingerprint density at radius 3 is 2.57 bits per heavy atom. The summed E-state index contributed by atoms with van der Waals surface area (Å²) in [5, 5.41) is 13.4. The molecular formula is C21H14FN3O3. The van der Waals surface area contributed by atoms with Gasteiger partial charge in [-0.3, -0.25) is 14.2 Å². The number of rotatable bonds is 3. The molecule has 138 valence electrons. The van der Waals surface area contributed by atoms with Crippen LogP contribution >= 0.6 is 0 Å². The molecule has 4 rings (SSSR count). The molecule has 0 spiro atoms. The number of fused-ring (bicyclic) bond motifs is 1. The van der Waals surface area contributed by atoms with Crippen molar-refractivity contribution in [2.45, 2.75) is 0 Å². The zero-order chi connectivity index (χ0) is 19.7. The predicted octanol–water partition coefficient (Wildman–Crippen LogP) is 3.48. The zero-order valence-electron chi connectivity index (χ0n) is 14.5. The van der Waals surface area contributed by atoms with Crippen LogP contribution in [0.4, 0.5) is 10.1 Å². The van der Waals surface area contributed by atoms with Crippen LogP contribution in [0, 0.1) is 5.82 Å². The maximum absolute atomic E-state index is 13.7. The van der Waals surface area contributed by atoms with Crippen molar-refractivity contribution in [1.82, 2.24) is 9.55 Å². The van der Waals surface area contributed by atoms with Gasteiger partial charge in [-0.25, -0.2) is 9.37 Å². The van der Waals surface area contributed by atoms with Gasteiger partial charge in [-0.1, -0.05) is 24.3 Å². The van der Waals surface area contributed by atoms with Gasteiger partial charge in [-0.15, -0.1) is 0 Å². The number of benzene rings is 2.